The van der Waals surface area contributed by atoms with Gasteiger partial charge in [-0.3, -0.25) is 0 Å². The monoisotopic (exact) mass is 184 g/mol. The zero-order valence-corrected chi connectivity index (χ0v) is 7.95. The fraction of sp³-hybridized carbons (Fsp3) is 0.500. The van der Waals surface area contributed by atoms with Gasteiger partial charge in [0.05, 0.1) is 6.26 Å². The van der Waals surface area contributed by atoms with E-state index in [1.54, 1.807) is 13.0 Å². The van der Waals surface area contributed by atoms with Crippen molar-refractivity contribution in [2.75, 3.05) is 6.61 Å². The highest BCUT2D eigenvalue weighted by Crippen LogP contribution is 2.09. The number of carbonyl (C=O) groups excluding carboxylic acids is 1. The Morgan fingerprint density at radius 3 is 2.69 bits per heavy atom. The average Bonchev–Trinajstić information content (AvgIpc) is 2.13. The predicted octanol–water partition coefficient (Wildman–Crippen LogP) is 1.78. The van der Waals surface area contributed by atoms with Gasteiger partial charge < -0.3 is 9.84 Å². The summed E-state index contributed by atoms with van der Waals surface area (Å²) in [6.07, 6.45) is 4.99. The highest BCUT2D eigenvalue weighted by Gasteiger charge is 2.07. The highest BCUT2D eigenvalue weighted by molar-refractivity contribution is 5.88. The topological polar surface area (TPSA) is 46.5 Å². The fourth-order valence-electron chi connectivity index (χ4n) is 0.943. The minimum absolute atomic E-state index is 0.160. The molecule has 0 amide bonds. The maximum Gasteiger partial charge on any atom is 0.338 e. The Hall–Kier alpha value is -1.09. The Labute approximate surface area is 78.7 Å². The molecule has 0 saturated heterocycles. The summed E-state index contributed by atoms with van der Waals surface area (Å²) < 4.78 is 4.62. The summed E-state index contributed by atoms with van der Waals surface area (Å²) in [7, 11) is 0. The first kappa shape index (κ1) is 11.9. The minimum atomic E-state index is -0.351. The van der Waals surface area contributed by atoms with Crippen LogP contribution in [-0.2, 0) is 9.53 Å². The standard InChI is InChI=1S/C10H16O3/c1-3-9(7-5-6-8-11)10(12)13-4-2/h3-4,11H,2,5-8H2,1H3/b9-3+. The van der Waals surface area contributed by atoms with Crippen molar-refractivity contribution in [2.45, 2.75) is 26.2 Å². The third-order valence-corrected chi connectivity index (χ3v) is 1.66. The number of aliphatic hydroxyl groups excluding tert-OH is 1. The molecular formula is C10H16O3. The van der Waals surface area contributed by atoms with Crippen molar-refractivity contribution in [3.63, 3.8) is 0 Å². The van der Waals surface area contributed by atoms with E-state index < -0.39 is 0 Å². The Bertz CT molecular complexity index is 194. The molecular weight excluding hydrogens is 168 g/mol. The lowest BCUT2D eigenvalue weighted by Crippen LogP contribution is -2.04. The molecule has 0 aromatic rings. The maximum atomic E-state index is 11.1. The molecule has 0 aliphatic rings. The molecule has 0 heterocycles. The third-order valence-electron chi connectivity index (χ3n) is 1.66. The van der Waals surface area contributed by atoms with E-state index in [0.29, 0.717) is 18.4 Å². The molecule has 0 radical (unpaired) electrons. The molecule has 0 spiro atoms. The highest BCUT2D eigenvalue weighted by atomic mass is 16.5. The number of hydrogen-bond acceptors (Lipinski definition) is 3. The molecule has 0 saturated carbocycles. The van der Waals surface area contributed by atoms with Crippen LogP contribution in [0.4, 0.5) is 0 Å². The van der Waals surface area contributed by atoms with Gasteiger partial charge in [-0.25, -0.2) is 4.79 Å². The second-order valence-corrected chi connectivity index (χ2v) is 2.57. The number of carbonyl (C=O) groups is 1. The Balaban J connectivity index is 3.89. The van der Waals surface area contributed by atoms with Crippen molar-refractivity contribution >= 4 is 5.97 Å². The van der Waals surface area contributed by atoms with E-state index in [4.69, 9.17) is 5.11 Å². The van der Waals surface area contributed by atoms with Crippen LogP contribution in [0.1, 0.15) is 26.2 Å². The molecule has 0 aliphatic heterocycles. The smallest absolute Gasteiger partial charge is 0.338 e. The third kappa shape index (κ3) is 5.20. The van der Waals surface area contributed by atoms with Crippen molar-refractivity contribution in [2.24, 2.45) is 0 Å². The van der Waals surface area contributed by atoms with Gasteiger partial charge >= 0.3 is 5.97 Å². The number of rotatable bonds is 6. The summed E-state index contributed by atoms with van der Waals surface area (Å²) in [5.41, 5.74) is 0.633. The first-order chi connectivity index (χ1) is 6.26. The van der Waals surface area contributed by atoms with Crippen LogP contribution < -0.4 is 0 Å². The first-order valence-corrected chi connectivity index (χ1v) is 4.34. The second-order valence-electron chi connectivity index (χ2n) is 2.57. The van der Waals surface area contributed by atoms with Crippen LogP contribution >= 0.6 is 0 Å². The van der Waals surface area contributed by atoms with Gasteiger partial charge in [0, 0.05) is 12.2 Å². The first-order valence-electron chi connectivity index (χ1n) is 4.34. The summed E-state index contributed by atoms with van der Waals surface area (Å²) in [6.45, 7) is 5.25. The lowest BCUT2D eigenvalue weighted by molar-refractivity contribution is -0.133. The van der Waals surface area contributed by atoms with Crippen LogP contribution in [0.3, 0.4) is 0 Å². The van der Waals surface area contributed by atoms with E-state index in [1.165, 1.54) is 0 Å². The van der Waals surface area contributed by atoms with Gasteiger partial charge in [-0.1, -0.05) is 12.7 Å². The Kier molecular flexibility index (Phi) is 6.92. The molecule has 0 rings (SSSR count). The molecule has 0 unspecified atom stereocenters. The number of esters is 1. The van der Waals surface area contributed by atoms with Gasteiger partial charge in [-0.05, 0) is 26.2 Å². The second kappa shape index (κ2) is 7.55. The molecule has 0 aliphatic carbocycles. The van der Waals surface area contributed by atoms with Crippen molar-refractivity contribution < 1.29 is 14.6 Å². The van der Waals surface area contributed by atoms with Gasteiger partial charge in [0.15, 0.2) is 0 Å². The van der Waals surface area contributed by atoms with Gasteiger partial charge in [-0.2, -0.15) is 0 Å². The van der Waals surface area contributed by atoms with Crippen LogP contribution in [-0.4, -0.2) is 17.7 Å². The number of unbranched alkanes of at least 4 members (excludes halogenated alkanes) is 1. The SMILES string of the molecule is C=COC(=O)/C(=C/C)CCCCO. The molecule has 0 atom stereocenters. The normalized spacial score (nSPS) is 11.1. The summed E-state index contributed by atoms with van der Waals surface area (Å²) in [5.74, 6) is -0.351. The van der Waals surface area contributed by atoms with Crippen LogP contribution in [0.5, 0.6) is 0 Å². The molecule has 0 aromatic heterocycles. The molecule has 1 N–H and O–H groups in total. The van der Waals surface area contributed by atoms with E-state index in [-0.39, 0.29) is 12.6 Å². The molecule has 13 heavy (non-hydrogen) atoms. The van der Waals surface area contributed by atoms with Crippen LogP contribution in [0.2, 0.25) is 0 Å². The number of allylic oxidation sites excluding steroid dienone is 1. The number of aliphatic hydroxyl groups is 1. The zero-order chi connectivity index (χ0) is 10.1. The fourth-order valence-corrected chi connectivity index (χ4v) is 0.943. The quantitative estimate of drug-likeness (QED) is 0.296. The van der Waals surface area contributed by atoms with E-state index in [0.717, 1.165) is 12.7 Å². The van der Waals surface area contributed by atoms with Crippen LogP contribution in [0.25, 0.3) is 0 Å². The summed E-state index contributed by atoms with van der Waals surface area (Å²) >= 11 is 0. The van der Waals surface area contributed by atoms with Crippen molar-refractivity contribution in [3.8, 4) is 0 Å². The molecule has 0 fully saturated rings. The van der Waals surface area contributed by atoms with E-state index in [9.17, 15) is 4.79 Å². The van der Waals surface area contributed by atoms with Crippen LogP contribution in [0.15, 0.2) is 24.5 Å². The number of ether oxygens (including phenoxy) is 1. The van der Waals surface area contributed by atoms with E-state index >= 15 is 0 Å². The molecule has 3 heteroatoms. The summed E-state index contributed by atoms with van der Waals surface area (Å²) in [4.78, 5) is 11.1. The summed E-state index contributed by atoms with van der Waals surface area (Å²) in [5, 5.41) is 8.54. The van der Waals surface area contributed by atoms with E-state index in [1.807, 2.05) is 0 Å². The van der Waals surface area contributed by atoms with Gasteiger partial charge in [0.2, 0.25) is 0 Å². The van der Waals surface area contributed by atoms with Crippen molar-refractivity contribution in [1.82, 2.24) is 0 Å². The summed E-state index contributed by atoms with van der Waals surface area (Å²) in [6, 6.07) is 0. The Morgan fingerprint density at radius 2 is 2.23 bits per heavy atom. The average molecular weight is 184 g/mol. The lowest BCUT2D eigenvalue weighted by atomic mass is 10.1. The zero-order valence-electron chi connectivity index (χ0n) is 7.95. The molecule has 3 nitrogen and oxygen atoms in total. The van der Waals surface area contributed by atoms with Crippen LogP contribution in [0, 0.1) is 0 Å². The van der Waals surface area contributed by atoms with Crippen molar-refractivity contribution in [1.29, 1.82) is 0 Å². The maximum absolute atomic E-state index is 11.1. The lowest BCUT2D eigenvalue weighted by Gasteiger charge is -2.03. The molecule has 0 bridgehead atoms. The Morgan fingerprint density at radius 1 is 1.54 bits per heavy atom. The van der Waals surface area contributed by atoms with Gasteiger partial charge in [0.25, 0.3) is 0 Å². The van der Waals surface area contributed by atoms with Crippen molar-refractivity contribution in [3.05, 3.63) is 24.5 Å². The van der Waals surface area contributed by atoms with Gasteiger partial charge in [-0.15, -0.1) is 0 Å². The van der Waals surface area contributed by atoms with Gasteiger partial charge in [0.1, 0.15) is 0 Å². The largest absolute Gasteiger partial charge is 0.432 e. The molecule has 74 valence electrons. The number of hydrogen-bond donors (Lipinski definition) is 1. The molecule has 0 aromatic carbocycles. The predicted molar refractivity (Wildman–Crippen MR) is 51.0 cm³/mol. The van der Waals surface area contributed by atoms with E-state index in [2.05, 4.69) is 11.3 Å². The minimum Gasteiger partial charge on any atom is -0.432 e.